The Morgan fingerprint density at radius 1 is 1.17 bits per heavy atom. The Hall–Kier alpha value is -1.36. The zero-order valence-electron chi connectivity index (χ0n) is 13.3. The largest absolute Gasteiger partial charge is 0.347 e. The van der Waals surface area contributed by atoms with Gasteiger partial charge in [0.05, 0.1) is 6.54 Å². The number of rotatable bonds is 6. The first-order chi connectivity index (χ1) is 11.1. The molecule has 2 aliphatic rings. The van der Waals surface area contributed by atoms with Gasteiger partial charge in [0.2, 0.25) is 11.8 Å². The second kappa shape index (κ2) is 7.47. The van der Waals surface area contributed by atoms with Gasteiger partial charge >= 0.3 is 0 Å². The fourth-order valence-electron chi connectivity index (χ4n) is 3.24. The molecule has 2 fully saturated rings. The Balaban J connectivity index is 1.55. The number of hydrogen-bond donors (Lipinski definition) is 1. The van der Waals surface area contributed by atoms with Crippen molar-refractivity contribution in [2.75, 3.05) is 6.54 Å². The average molecular weight is 379 g/mol. The lowest BCUT2D eigenvalue weighted by Crippen LogP contribution is -2.42. The third kappa shape index (κ3) is 4.56. The van der Waals surface area contributed by atoms with E-state index in [4.69, 9.17) is 0 Å². The molecule has 0 unspecified atom stereocenters. The monoisotopic (exact) mass is 378 g/mol. The molecule has 2 aliphatic carbocycles. The van der Waals surface area contributed by atoms with Crippen LogP contribution in [-0.2, 0) is 16.1 Å². The van der Waals surface area contributed by atoms with Gasteiger partial charge in [-0.25, -0.2) is 0 Å². The van der Waals surface area contributed by atoms with Gasteiger partial charge in [-0.3, -0.25) is 9.59 Å². The number of nitrogens with one attached hydrogen (secondary N) is 1. The van der Waals surface area contributed by atoms with Crippen LogP contribution in [0.3, 0.4) is 0 Å². The molecular weight excluding hydrogens is 356 g/mol. The quantitative estimate of drug-likeness (QED) is 0.825. The summed E-state index contributed by atoms with van der Waals surface area (Å²) in [6.07, 6.45) is 6.31. The number of hydrogen-bond acceptors (Lipinski definition) is 2. The average Bonchev–Trinajstić information content (AvgIpc) is 3.23. The standard InChI is InChI=1S/C18H23BrN2O2/c19-15-7-3-4-13(10-15)12-21(16-8-9-16)17(22)11-20-18(23)14-5-1-2-6-14/h3-4,7,10,14,16H,1-2,5-6,8-9,11-12H2,(H,20,23). The molecular formula is C18H23BrN2O2. The Morgan fingerprint density at radius 2 is 1.91 bits per heavy atom. The van der Waals surface area contributed by atoms with Crippen molar-refractivity contribution in [2.45, 2.75) is 51.1 Å². The lowest BCUT2D eigenvalue weighted by Gasteiger charge is -2.23. The molecule has 0 heterocycles. The zero-order chi connectivity index (χ0) is 16.2. The highest BCUT2D eigenvalue weighted by Gasteiger charge is 2.33. The lowest BCUT2D eigenvalue weighted by atomic mass is 10.1. The first-order valence-corrected chi connectivity index (χ1v) is 9.24. The van der Waals surface area contributed by atoms with Gasteiger partial charge in [0.1, 0.15) is 0 Å². The molecule has 0 aliphatic heterocycles. The number of amides is 2. The highest BCUT2D eigenvalue weighted by atomic mass is 79.9. The minimum atomic E-state index is 0.0267. The smallest absolute Gasteiger partial charge is 0.242 e. The van der Waals surface area contributed by atoms with E-state index in [2.05, 4.69) is 21.2 Å². The zero-order valence-corrected chi connectivity index (χ0v) is 14.8. The van der Waals surface area contributed by atoms with Crippen LogP contribution in [0.15, 0.2) is 28.7 Å². The van der Waals surface area contributed by atoms with Crippen molar-refractivity contribution in [1.29, 1.82) is 0 Å². The topological polar surface area (TPSA) is 49.4 Å². The molecule has 0 bridgehead atoms. The van der Waals surface area contributed by atoms with Crippen molar-refractivity contribution in [3.63, 3.8) is 0 Å². The van der Waals surface area contributed by atoms with E-state index >= 15 is 0 Å². The van der Waals surface area contributed by atoms with Crippen molar-refractivity contribution < 1.29 is 9.59 Å². The number of carbonyl (C=O) groups is 2. The van der Waals surface area contributed by atoms with Gasteiger partial charge in [-0.1, -0.05) is 40.9 Å². The van der Waals surface area contributed by atoms with Gasteiger partial charge < -0.3 is 10.2 Å². The molecule has 1 aromatic carbocycles. The minimum absolute atomic E-state index is 0.0267. The maximum atomic E-state index is 12.5. The van der Waals surface area contributed by atoms with Crippen molar-refractivity contribution in [3.8, 4) is 0 Å². The van der Waals surface area contributed by atoms with Crippen LogP contribution in [0.25, 0.3) is 0 Å². The molecule has 1 N–H and O–H groups in total. The molecule has 0 spiro atoms. The fourth-order valence-corrected chi connectivity index (χ4v) is 3.68. The summed E-state index contributed by atoms with van der Waals surface area (Å²) >= 11 is 3.47. The SMILES string of the molecule is O=C(NCC(=O)N(Cc1cccc(Br)c1)C1CC1)C1CCCC1. The Labute approximate surface area is 145 Å². The molecule has 5 heteroatoms. The normalized spacial score (nSPS) is 18.0. The molecule has 2 amide bonds. The van der Waals surface area contributed by atoms with Crippen LogP contribution in [0.1, 0.15) is 44.1 Å². The summed E-state index contributed by atoms with van der Waals surface area (Å²) in [5, 5.41) is 2.85. The first-order valence-electron chi connectivity index (χ1n) is 8.45. The predicted octanol–water partition coefficient (Wildman–Crippen LogP) is 3.25. The second-order valence-electron chi connectivity index (χ2n) is 6.58. The molecule has 1 aromatic rings. The van der Waals surface area contributed by atoms with E-state index in [9.17, 15) is 9.59 Å². The molecule has 0 aromatic heterocycles. The van der Waals surface area contributed by atoms with Gasteiger partial charge in [0.15, 0.2) is 0 Å². The summed E-state index contributed by atoms with van der Waals surface area (Å²) in [5.41, 5.74) is 1.11. The van der Waals surface area contributed by atoms with E-state index in [0.29, 0.717) is 12.6 Å². The highest BCUT2D eigenvalue weighted by molar-refractivity contribution is 9.10. The van der Waals surface area contributed by atoms with E-state index in [1.54, 1.807) is 0 Å². The van der Waals surface area contributed by atoms with Crippen LogP contribution >= 0.6 is 15.9 Å². The molecule has 3 rings (SSSR count). The molecule has 0 saturated heterocycles. The van der Waals surface area contributed by atoms with Crippen molar-refractivity contribution >= 4 is 27.7 Å². The minimum Gasteiger partial charge on any atom is -0.347 e. The van der Waals surface area contributed by atoms with E-state index in [1.807, 2.05) is 29.2 Å². The van der Waals surface area contributed by atoms with Gasteiger partial charge in [0, 0.05) is 23.0 Å². The molecule has 0 atom stereocenters. The van der Waals surface area contributed by atoms with Gasteiger partial charge in [0.25, 0.3) is 0 Å². The van der Waals surface area contributed by atoms with Gasteiger partial charge in [-0.15, -0.1) is 0 Å². The molecule has 23 heavy (non-hydrogen) atoms. The summed E-state index contributed by atoms with van der Waals surface area (Å²) in [6, 6.07) is 8.38. The predicted molar refractivity (Wildman–Crippen MR) is 92.7 cm³/mol. The van der Waals surface area contributed by atoms with E-state index in [-0.39, 0.29) is 24.3 Å². The van der Waals surface area contributed by atoms with Crippen molar-refractivity contribution in [1.82, 2.24) is 10.2 Å². The highest BCUT2D eigenvalue weighted by Crippen LogP contribution is 2.29. The van der Waals surface area contributed by atoms with Crippen LogP contribution < -0.4 is 5.32 Å². The molecule has 0 radical (unpaired) electrons. The number of halogens is 1. The number of benzene rings is 1. The molecule has 4 nitrogen and oxygen atoms in total. The van der Waals surface area contributed by atoms with Crippen LogP contribution in [0, 0.1) is 5.92 Å². The fraction of sp³-hybridized carbons (Fsp3) is 0.556. The van der Waals surface area contributed by atoms with Gasteiger partial charge in [-0.05, 0) is 43.4 Å². The van der Waals surface area contributed by atoms with Crippen LogP contribution in [0.2, 0.25) is 0 Å². The Kier molecular flexibility index (Phi) is 5.36. The number of nitrogens with zero attached hydrogens (tertiary/aromatic N) is 1. The van der Waals surface area contributed by atoms with Gasteiger partial charge in [-0.2, -0.15) is 0 Å². The van der Waals surface area contributed by atoms with Crippen LogP contribution in [0.4, 0.5) is 0 Å². The molecule has 2 saturated carbocycles. The molecule has 124 valence electrons. The summed E-state index contributed by atoms with van der Waals surface area (Å²) in [6.45, 7) is 0.738. The second-order valence-corrected chi connectivity index (χ2v) is 7.50. The van der Waals surface area contributed by atoms with Crippen LogP contribution in [0.5, 0.6) is 0 Å². The summed E-state index contributed by atoms with van der Waals surface area (Å²) in [4.78, 5) is 26.5. The van der Waals surface area contributed by atoms with Crippen molar-refractivity contribution in [3.05, 3.63) is 34.3 Å². The van der Waals surface area contributed by atoms with Crippen molar-refractivity contribution in [2.24, 2.45) is 5.92 Å². The van der Waals surface area contributed by atoms with E-state index in [1.165, 1.54) is 0 Å². The summed E-state index contributed by atoms with van der Waals surface area (Å²) < 4.78 is 1.02. The number of carbonyl (C=O) groups excluding carboxylic acids is 2. The Morgan fingerprint density at radius 3 is 2.57 bits per heavy atom. The summed E-state index contributed by atoms with van der Waals surface area (Å²) in [5.74, 6) is 0.190. The van der Waals surface area contributed by atoms with E-state index < -0.39 is 0 Å². The Bertz CT molecular complexity index is 580. The third-order valence-electron chi connectivity index (χ3n) is 4.69. The maximum Gasteiger partial charge on any atom is 0.242 e. The third-order valence-corrected chi connectivity index (χ3v) is 5.18. The first kappa shape index (κ1) is 16.5. The van der Waals surface area contributed by atoms with Crippen LogP contribution in [-0.4, -0.2) is 29.3 Å². The van der Waals surface area contributed by atoms with E-state index in [0.717, 1.165) is 48.6 Å². The summed E-state index contributed by atoms with van der Waals surface area (Å²) in [7, 11) is 0. The maximum absolute atomic E-state index is 12.5. The lowest BCUT2D eigenvalue weighted by molar-refractivity contribution is -0.134.